The Balaban J connectivity index is 1.45. The van der Waals surface area contributed by atoms with E-state index in [2.05, 4.69) is 17.4 Å². The molecule has 2 amide bonds. The van der Waals surface area contributed by atoms with Gasteiger partial charge in [0.1, 0.15) is 6.04 Å². The molecular formula is C18H22N2O2S. The van der Waals surface area contributed by atoms with Crippen molar-refractivity contribution in [2.75, 3.05) is 18.2 Å². The minimum atomic E-state index is -0.293. The van der Waals surface area contributed by atoms with E-state index >= 15 is 0 Å². The standard InChI is InChI=1S/C18H22N2O2S/c21-17(19-9-12-5-6-12)16-10-23-11-20(16)18(22)15-8-7-13-3-1-2-4-14(13)15/h1-4,12,15-16H,5-11H2,(H,19,21)/t15-,16-/m1/s1. The Morgan fingerprint density at radius 3 is 2.87 bits per heavy atom. The molecule has 1 aromatic rings. The van der Waals surface area contributed by atoms with Gasteiger partial charge in [-0.1, -0.05) is 24.3 Å². The number of nitrogens with one attached hydrogen (secondary N) is 1. The molecule has 1 saturated heterocycles. The molecule has 1 heterocycles. The van der Waals surface area contributed by atoms with Crippen molar-refractivity contribution < 1.29 is 9.59 Å². The number of rotatable bonds is 4. The molecule has 2 atom stereocenters. The lowest BCUT2D eigenvalue weighted by Gasteiger charge is -2.26. The maximum Gasteiger partial charge on any atom is 0.243 e. The van der Waals surface area contributed by atoms with E-state index in [1.165, 1.54) is 18.4 Å². The SMILES string of the molecule is O=C(NCC1CC1)[C@H]1CSCN1C(=O)[C@@H]1CCc2ccccc21. The Labute approximate surface area is 141 Å². The van der Waals surface area contributed by atoms with Gasteiger partial charge < -0.3 is 10.2 Å². The van der Waals surface area contributed by atoms with Gasteiger partial charge in [-0.3, -0.25) is 9.59 Å². The van der Waals surface area contributed by atoms with Crippen LogP contribution in [0, 0.1) is 5.92 Å². The van der Waals surface area contributed by atoms with Gasteiger partial charge in [0.15, 0.2) is 0 Å². The third-order valence-corrected chi connectivity index (χ3v) is 6.17. The Morgan fingerprint density at radius 1 is 1.22 bits per heavy atom. The van der Waals surface area contributed by atoms with Crippen LogP contribution < -0.4 is 5.32 Å². The van der Waals surface area contributed by atoms with E-state index in [0.717, 1.165) is 30.7 Å². The zero-order chi connectivity index (χ0) is 15.8. The largest absolute Gasteiger partial charge is 0.354 e. The van der Waals surface area contributed by atoms with Crippen molar-refractivity contribution in [3.05, 3.63) is 35.4 Å². The summed E-state index contributed by atoms with van der Waals surface area (Å²) >= 11 is 1.68. The van der Waals surface area contributed by atoms with Crippen molar-refractivity contribution in [2.45, 2.75) is 37.6 Å². The lowest BCUT2D eigenvalue weighted by atomic mass is 9.99. The summed E-state index contributed by atoms with van der Waals surface area (Å²) < 4.78 is 0. The number of nitrogens with zero attached hydrogens (tertiary/aromatic N) is 1. The molecule has 0 radical (unpaired) electrons. The van der Waals surface area contributed by atoms with Crippen LogP contribution >= 0.6 is 11.8 Å². The lowest BCUT2D eigenvalue weighted by Crippen LogP contribution is -2.48. The molecule has 1 aliphatic heterocycles. The van der Waals surface area contributed by atoms with Crippen molar-refractivity contribution in [2.24, 2.45) is 5.92 Å². The summed E-state index contributed by atoms with van der Waals surface area (Å²) in [7, 11) is 0. The average molecular weight is 330 g/mol. The van der Waals surface area contributed by atoms with E-state index in [0.29, 0.717) is 11.8 Å². The first kappa shape index (κ1) is 15.1. The number of hydrogen-bond donors (Lipinski definition) is 1. The van der Waals surface area contributed by atoms with E-state index in [4.69, 9.17) is 0 Å². The molecule has 1 N–H and O–H groups in total. The molecule has 1 saturated carbocycles. The summed E-state index contributed by atoms with van der Waals surface area (Å²) in [6.07, 6.45) is 4.28. The van der Waals surface area contributed by atoms with Gasteiger partial charge in [0, 0.05) is 12.3 Å². The van der Waals surface area contributed by atoms with E-state index < -0.39 is 0 Å². The Hall–Kier alpha value is -1.49. The highest BCUT2D eigenvalue weighted by Gasteiger charge is 2.40. The first-order chi connectivity index (χ1) is 11.2. The Kier molecular flexibility index (Phi) is 4.05. The van der Waals surface area contributed by atoms with Crippen molar-refractivity contribution in [1.82, 2.24) is 10.2 Å². The van der Waals surface area contributed by atoms with E-state index in [9.17, 15) is 9.59 Å². The number of aryl methyl sites for hydroxylation is 1. The summed E-state index contributed by atoms with van der Waals surface area (Å²) in [5.41, 5.74) is 2.44. The molecule has 4 rings (SSSR count). The van der Waals surface area contributed by atoms with E-state index in [-0.39, 0.29) is 23.8 Å². The van der Waals surface area contributed by atoms with Gasteiger partial charge in [-0.05, 0) is 42.7 Å². The van der Waals surface area contributed by atoms with Crippen LogP contribution in [0.25, 0.3) is 0 Å². The molecule has 2 aliphatic carbocycles. The topological polar surface area (TPSA) is 49.4 Å². The summed E-state index contributed by atoms with van der Waals surface area (Å²) in [5.74, 6) is 2.12. The van der Waals surface area contributed by atoms with Crippen LogP contribution in [-0.2, 0) is 16.0 Å². The number of fused-ring (bicyclic) bond motifs is 1. The molecule has 2 fully saturated rings. The molecule has 3 aliphatic rings. The predicted octanol–water partition coefficient (Wildman–Crippen LogP) is 2.14. The van der Waals surface area contributed by atoms with Crippen LogP contribution in [0.15, 0.2) is 24.3 Å². The zero-order valence-corrected chi connectivity index (χ0v) is 14.0. The van der Waals surface area contributed by atoms with Gasteiger partial charge in [0.2, 0.25) is 11.8 Å². The summed E-state index contributed by atoms with van der Waals surface area (Å²) in [6.45, 7) is 0.772. The number of benzene rings is 1. The molecule has 0 spiro atoms. The van der Waals surface area contributed by atoms with Crippen molar-refractivity contribution in [3.8, 4) is 0 Å². The maximum absolute atomic E-state index is 13.0. The maximum atomic E-state index is 13.0. The molecule has 4 nitrogen and oxygen atoms in total. The van der Waals surface area contributed by atoms with Crippen LogP contribution in [-0.4, -0.2) is 40.9 Å². The lowest BCUT2D eigenvalue weighted by molar-refractivity contribution is -0.139. The van der Waals surface area contributed by atoms with Gasteiger partial charge in [0.05, 0.1) is 11.8 Å². The fraction of sp³-hybridized carbons (Fsp3) is 0.556. The van der Waals surface area contributed by atoms with Crippen molar-refractivity contribution in [3.63, 3.8) is 0 Å². The van der Waals surface area contributed by atoms with Gasteiger partial charge in [0.25, 0.3) is 0 Å². The van der Waals surface area contributed by atoms with Gasteiger partial charge in [-0.15, -0.1) is 11.8 Å². The van der Waals surface area contributed by atoms with Crippen LogP contribution in [0.3, 0.4) is 0 Å². The third kappa shape index (κ3) is 2.99. The fourth-order valence-electron chi connectivity index (χ4n) is 3.58. The van der Waals surface area contributed by atoms with Gasteiger partial charge >= 0.3 is 0 Å². The van der Waals surface area contributed by atoms with Crippen LogP contribution in [0.2, 0.25) is 0 Å². The Morgan fingerprint density at radius 2 is 2.04 bits per heavy atom. The van der Waals surface area contributed by atoms with E-state index in [1.54, 1.807) is 16.7 Å². The van der Waals surface area contributed by atoms with Crippen LogP contribution in [0.4, 0.5) is 0 Å². The monoisotopic (exact) mass is 330 g/mol. The fourth-order valence-corrected chi connectivity index (χ4v) is 4.74. The average Bonchev–Trinajstić information content (AvgIpc) is 3.11. The summed E-state index contributed by atoms with van der Waals surface area (Å²) in [4.78, 5) is 27.2. The van der Waals surface area contributed by atoms with Gasteiger partial charge in [-0.25, -0.2) is 0 Å². The number of carbonyl (C=O) groups excluding carboxylic acids is 2. The normalized spacial score (nSPS) is 26.2. The predicted molar refractivity (Wildman–Crippen MR) is 91.2 cm³/mol. The highest BCUT2D eigenvalue weighted by molar-refractivity contribution is 7.99. The highest BCUT2D eigenvalue weighted by Crippen LogP contribution is 2.36. The smallest absolute Gasteiger partial charge is 0.243 e. The first-order valence-electron chi connectivity index (χ1n) is 8.48. The molecule has 1 aromatic carbocycles. The minimum Gasteiger partial charge on any atom is -0.354 e. The molecule has 122 valence electrons. The molecule has 0 bridgehead atoms. The number of amides is 2. The molecule has 23 heavy (non-hydrogen) atoms. The summed E-state index contributed by atoms with van der Waals surface area (Å²) in [5, 5.41) is 3.03. The number of hydrogen-bond acceptors (Lipinski definition) is 3. The molecule has 5 heteroatoms. The number of thioether (sulfide) groups is 1. The minimum absolute atomic E-state index is 0.0292. The number of carbonyl (C=O) groups is 2. The van der Waals surface area contributed by atoms with Crippen LogP contribution in [0.1, 0.15) is 36.3 Å². The second kappa shape index (κ2) is 6.19. The molecule has 0 aromatic heterocycles. The summed E-state index contributed by atoms with van der Waals surface area (Å²) in [6, 6.07) is 7.92. The quantitative estimate of drug-likeness (QED) is 0.920. The zero-order valence-electron chi connectivity index (χ0n) is 13.2. The van der Waals surface area contributed by atoms with Crippen molar-refractivity contribution >= 4 is 23.6 Å². The first-order valence-corrected chi connectivity index (χ1v) is 9.63. The second-order valence-corrected chi connectivity index (χ2v) is 7.80. The molecular weight excluding hydrogens is 308 g/mol. The van der Waals surface area contributed by atoms with Gasteiger partial charge in [-0.2, -0.15) is 0 Å². The Bertz CT molecular complexity index is 629. The van der Waals surface area contributed by atoms with Crippen molar-refractivity contribution in [1.29, 1.82) is 0 Å². The third-order valence-electron chi connectivity index (χ3n) is 5.16. The highest BCUT2D eigenvalue weighted by atomic mass is 32.2. The molecule has 0 unspecified atom stereocenters. The van der Waals surface area contributed by atoms with Crippen LogP contribution in [0.5, 0.6) is 0 Å². The van der Waals surface area contributed by atoms with E-state index in [1.807, 2.05) is 12.1 Å². The second-order valence-electron chi connectivity index (χ2n) is 6.80.